The van der Waals surface area contributed by atoms with E-state index in [1.807, 2.05) is 13.0 Å². The maximum Gasteiger partial charge on any atom is 0.258 e. The van der Waals surface area contributed by atoms with Gasteiger partial charge in [0.05, 0.1) is 11.5 Å². The minimum absolute atomic E-state index is 0.0387. The van der Waals surface area contributed by atoms with Crippen molar-refractivity contribution in [3.05, 3.63) is 73.7 Å². The van der Waals surface area contributed by atoms with Crippen LogP contribution < -0.4 is 16.0 Å². The number of pyridine rings is 1. The quantitative estimate of drug-likeness (QED) is 0.892. The summed E-state index contributed by atoms with van der Waals surface area (Å²) in [5, 5.41) is 9.64. The Hall–Kier alpha value is -2.78. The fourth-order valence-electron chi connectivity index (χ4n) is 3.15. The molecule has 0 radical (unpaired) electrons. The second kappa shape index (κ2) is 6.26. The molecule has 2 heterocycles. The van der Waals surface area contributed by atoms with Gasteiger partial charge < -0.3 is 15.0 Å². The molecule has 0 saturated heterocycles. The van der Waals surface area contributed by atoms with E-state index in [4.69, 9.17) is 22.1 Å². The number of hydrogen-bond acceptors (Lipinski definition) is 4. The zero-order chi connectivity index (χ0) is 18.3. The zero-order valence-corrected chi connectivity index (χ0v) is 14.4. The standard InChI is InChI=1S/C18H15ClFN3O2/c1-3-23-9(2)7-13-16(18(23)24)14(10(8-21)17(22)25-13)15-11(19)5-4-6-12(15)20/h4-7,14H,3,22H2,1-2H3. The number of ether oxygens (including phenoxy) is 1. The number of fused-ring (bicyclic) bond motifs is 1. The smallest absolute Gasteiger partial charge is 0.258 e. The monoisotopic (exact) mass is 359 g/mol. The number of hydrogen-bond donors (Lipinski definition) is 1. The van der Waals surface area contributed by atoms with E-state index in [2.05, 4.69) is 0 Å². The molecular weight excluding hydrogens is 345 g/mol. The Morgan fingerprint density at radius 2 is 2.16 bits per heavy atom. The average Bonchev–Trinajstić information content (AvgIpc) is 2.54. The van der Waals surface area contributed by atoms with Gasteiger partial charge in [0.2, 0.25) is 5.88 Å². The van der Waals surface area contributed by atoms with Crippen LogP contribution in [0.5, 0.6) is 5.75 Å². The molecule has 0 spiro atoms. The molecule has 0 aliphatic carbocycles. The molecule has 2 N–H and O–H groups in total. The van der Waals surface area contributed by atoms with Gasteiger partial charge >= 0.3 is 0 Å². The molecule has 1 aromatic heterocycles. The maximum atomic E-state index is 14.6. The lowest BCUT2D eigenvalue weighted by Crippen LogP contribution is -2.32. The first-order valence-corrected chi connectivity index (χ1v) is 8.04. The van der Waals surface area contributed by atoms with Gasteiger partial charge in [-0.15, -0.1) is 0 Å². The lowest BCUT2D eigenvalue weighted by Gasteiger charge is -2.27. The summed E-state index contributed by atoms with van der Waals surface area (Å²) in [5.41, 5.74) is 6.34. The summed E-state index contributed by atoms with van der Waals surface area (Å²) < 4.78 is 21.6. The van der Waals surface area contributed by atoms with Crippen LogP contribution in [0.15, 0.2) is 40.5 Å². The molecule has 5 nitrogen and oxygen atoms in total. The third kappa shape index (κ3) is 2.57. The lowest BCUT2D eigenvalue weighted by atomic mass is 9.83. The van der Waals surface area contributed by atoms with E-state index in [-0.39, 0.29) is 38.9 Å². The average molecular weight is 360 g/mol. The topological polar surface area (TPSA) is 81.0 Å². The molecular formula is C18H15ClFN3O2. The highest BCUT2D eigenvalue weighted by Gasteiger charge is 2.36. The van der Waals surface area contributed by atoms with Gasteiger partial charge in [-0.05, 0) is 26.0 Å². The van der Waals surface area contributed by atoms with Gasteiger partial charge in [0.25, 0.3) is 5.56 Å². The van der Waals surface area contributed by atoms with Crippen LogP contribution in [0.25, 0.3) is 0 Å². The van der Waals surface area contributed by atoms with Crippen molar-refractivity contribution in [2.45, 2.75) is 26.3 Å². The van der Waals surface area contributed by atoms with Gasteiger partial charge in [0.1, 0.15) is 23.2 Å². The molecule has 7 heteroatoms. The first-order valence-electron chi connectivity index (χ1n) is 7.66. The summed E-state index contributed by atoms with van der Waals surface area (Å²) in [6.07, 6.45) is 0. The molecule has 128 valence electrons. The summed E-state index contributed by atoms with van der Waals surface area (Å²) in [7, 11) is 0. The van der Waals surface area contributed by atoms with Crippen molar-refractivity contribution >= 4 is 11.6 Å². The molecule has 25 heavy (non-hydrogen) atoms. The Balaban J connectivity index is 2.43. The zero-order valence-electron chi connectivity index (χ0n) is 13.6. The van der Waals surface area contributed by atoms with Crippen molar-refractivity contribution in [3.8, 4) is 11.8 Å². The third-order valence-electron chi connectivity index (χ3n) is 4.29. The molecule has 1 aromatic carbocycles. The summed E-state index contributed by atoms with van der Waals surface area (Å²) in [6.45, 7) is 4.01. The van der Waals surface area contributed by atoms with Crippen LogP contribution in [0.3, 0.4) is 0 Å². The summed E-state index contributed by atoms with van der Waals surface area (Å²) >= 11 is 6.19. The van der Waals surface area contributed by atoms with Crippen LogP contribution in [0.1, 0.15) is 29.7 Å². The van der Waals surface area contributed by atoms with Crippen molar-refractivity contribution in [2.75, 3.05) is 0 Å². The van der Waals surface area contributed by atoms with Crippen molar-refractivity contribution in [1.82, 2.24) is 4.57 Å². The van der Waals surface area contributed by atoms with Gasteiger partial charge in [-0.3, -0.25) is 4.79 Å². The Labute approximate surface area is 148 Å². The second-order valence-corrected chi connectivity index (χ2v) is 6.08. The summed E-state index contributed by atoms with van der Waals surface area (Å²) in [5.74, 6) is -1.58. The number of nitrogens with two attached hydrogens (primary N) is 1. The molecule has 1 unspecified atom stereocenters. The highest BCUT2D eigenvalue weighted by Crippen LogP contribution is 2.43. The Morgan fingerprint density at radius 3 is 2.76 bits per heavy atom. The Bertz CT molecular complexity index is 984. The van der Waals surface area contributed by atoms with E-state index in [0.29, 0.717) is 12.2 Å². The molecule has 3 rings (SSSR count). The lowest BCUT2D eigenvalue weighted by molar-refractivity contribution is 0.387. The van der Waals surface area contributed by atoms with E-state index in [1.54, 1.807) is 13.0 Å². The normalized spacial score (nSPS) is 16.2. The molecule has 1 aliphatic rings. The van der Waals surface area contributed by atoms with Gasteiger partial charge in [-0.2, -0.15) is 5.26 Å². The van der Waals surface area contributed by atoms with Crippen molar-refractivity contribution in [3.63, 3.8) is 0 Å². The Morgan fingerprint density at radius 1 is 1.44 bits per heavy atom. The first kappa shape index (κ1) is 17.1. The number of aromatic nitrogens is 1. The molecule has 2 aromatic rings. The number of nitrogens with zero attached hydrogens (tertiary/aromatic N) is 2. The van der Waals surface area contributed by atoms with Crippen molar-refractivity contribution in [2.24, 2.45) is 5.73 Å². The number of benzene rings is 1. The van der Waals surface area contributed by atoms with E-state index in [9.17, 15) is 14.4 Å². The van der Waals surface area contributed by atoms with E-state index >= 15 is 0 Å². The third-order valence-corrected chi connectivity index (χ3v) is 4.62. The number of aryl methyl sites for hydroxylation is 1. The molecule has 0 bridgehead atoms. The predicted octanol–water partition coefficient (Wildman–Crippen LogP) is 3.19. The molecule has 0 fully saturated rings. The van der Waals surface area contributed by atoms with E-state index in [0.717, 1.165) is 0 Å². The van der Waals surface area contributed by atoms with E-state index < -0.39 is 11.7 Å². The van der Waals surface area contributed by atoms with Crippen molar-refractivity contribution < 1.29 is 9.13 Å². The van der Waals surface area contributed by atoms with Gasteiger partial charge in [-0.25, -0.2) is 4.39 Å². The molecule has 1 aliphatic heterocycles. The van der Waals surface area contributed by atoms with Crippen molar-refractivity contribution in [1.29, 1.82) is 5.26 Å². The number of allylic oxidation sites excluding steroid dienone is 1. The number of halogens is 2. The first-order chi connectivity index (χ1) is 11.9. The SMILES string of the molecule is CCn1c(C)cc2c(c1=O)C(c1c(F)cccc1Cl)C(C#N)=C(N)O2. The van der Waals surface area contributed by atoms with Crippen LogP contribution in [0, 0.1) is 24.1 Å². The maximum absolute atomic E-state index is 14.6. The molecule has 0 saturated carbocycles. The molecule has 1 atom stereocenters. The second-order valence-electron chi connectivity index (χ2n) is 5.67. The van der Waals surface area contributed by atoms with Crippen LogP contribution in [-0.4, -0.2) is 4.57 Å². The van der Waals surface area contributed by atoms with Crippen LogP contribution in [0.2, 0.25) is 5.02 Å². The summed E-state index contributed by atoms with van der Waals surface area (Å²) in [4.78, 5) is 13.0. The van der Waals surface area contributed by atoms with E-state index in [1.165, 1.54) is 22.8 Å². The Kier molecular flexibility index (Phi) is 4.27. The minimum Gasteiger partial charge on any atom is -0.440 e. The van der Waals surface area contributed by atoms with Gasteiger partial charge in [-0.1, -0.05) is 17.7 Å². The highest BCUT2D eigenvalue weighted by molar-refractivity contribution is 6.31. The van der Waals surface area contributed by atoms with Crippen LogP contribution >= 0.6 is 11.6 Å². The summed E-state index contributed by atoms with van der Waals surface area (Å²) in [6, 6.07) is 7.78. The fourth-order valence-corrected chi connectivity index (χ4v) is 3.43. The highest BCUT2D eigenvalue weighted by atomic mass is 35.5. The van der Waals surface area contributed by atoms with Gasteiger partial charge in [0, 0.05) is 28.9 Å². The van der Waals surface area contributed by atoms with Crippen LogP contribution in [0.4, 0.5) is 4.39 Å². The predicted molar refractivity (Wildman–Crippen MR) is 91.8 cm³/mol. The number of nitriles is 1. The number of rotatable bonds is 2. The van der Waals surface area contributed by atoms with Gasteiger partial charge in [0.15, 0.2) is 0 Å². The largest absolute Gasteiger partial charge is 0.440 e. The minimum atomic E-state index is -1.02. The molecule has 0 amide bonds. The van der Waals surface area contributed by atoms with Crippen LogP contribution in [-0.2, 0) is 6.54 Å². The fraction of sp³-hybridized carbons (Fsp3) is 0.222.